The molecule has 5 nitrogen and oxygen atoms in total. The molecule has 1 amide bonds. The van der Waals surface area contributed by atoms with E-state index in [1.165, 1.54) is 0 Å². The Hall–Kier alpha value is -2.30. The van der Waals surface area contributed by atoms with Crippen LogP contribution in [0.3, 0.4) is 0 Å². The predicted molar refractivity (Wildman–Crippen MR) is 79.3 cm³/mol. The number of hydrogen-bond acceptors (Lipinski definition) is 3. The Morgan fingerprint density at radius 1 is 1.29 bits per heavy atom. The highest BCUT2D eigenvalue weighted by Crippen LogP contribution is 2.20. The molecule has 1 aromatic heterocycles. The minimum Gasteiger partial charge on any atom is -0.490 e. The normalized spacial score (nSPS) is 16.0. The van der Waals surface area contributed by atoms with Crippen molar-refractivity contribution in [2.24, 2.45) is 0 Å². The van der Waals surface area contributed by atoms with Crippen LogP contribution >= 0.6 is 0 Å². The Labute approximate surface area is 123 Å². The number of piperidine rings is 1. The molecule has 1 saturated heterocycles. The van der Waals surface area contributed by atoms with Crippen molar-refractivity contribution in [2.75, 3.05) is 13.1 Å². The maximum absolute atomic E-state index is 12.4. The fraction of sp³-hybridized carbons (Fsp3) is 0.375. The molecule has 110 valence electrons. The lowest BCUT2D eigenvalue weighted by Crippen LogP contribution is -2.41. The lowest BCUT2D eigenvalue weighted by molar-refractivity contribution is 0.0595. The summed E-state index contributed by atoms with van der Waals surface area (Å²) in [7, 11) is 0. The number of likely N-dealkylation sites (tertiary alicyclic amines) is 1. The third-order valence-corrected chi connectivity index (χ3v) is 3.84. The molecular weight excluding hydrogens is 266 g/mol. The fourth-order valence-electron chi connectivity index (χ4n) is 2.60. The highest BCUT2D eigenvalue weighted by Gasteiger charge is 2.26. The molecule has 3 rings (SSSR count). The maximum Gasteiger partial charge on any atom is 0.257 e. The molecular formula is C16H19N3O2. The van der Waals surface area contributed by atoms with Crippen molar-refractivity contribution >= 4 is 5.91 Å². The number of para-hydroxylation sites is 1. The molecule has 0 bridgehead atoms. The first kappa shape index (κ1) is 13.7. The minimum atomic E-state index is 0.0550. The van der Waals surface area contributed by atoms with Gasteiger partial charge in [-0.3, -0.25) is 9.89 Å². The van der Waals surface area contributed by atoms with E-state index in [1.807, 2.05) is 42.2 Å². The third kappa shape index (κ3) is 3.07. The van der Waals surface area contributed by atoms with Crippen molar-refractivity contribution in [3.63, 3.8) is 0 Å². The van der Waals surface area contributed by atoms with Crippen molar-refractivity contribution in [1.29, 1.82) is 0 Å². The molecule has 1 aliphatic rings. The summed E-state index contributed by atoms with van der Waals surface area (Å²) in [5.41, 5.74) is 1.49. The maximum atomic E-state index is 12.4. The van der Waals surface area contributed by atoms with Gasteiger partial charge in [0.15, 0.2) is 0 Å². The summed E-state index contributed by atoms with van der Waals surface area (Å²) >= 11 is 0. The fourth-order valence-corrected chi connectivity index (χ4v) is 2.60. The molecule has 1 fully saturated rings. The second-order valence-electron chi connectivity index (χ2n) is 5.33. The number of ether oxygens (including phenoxy) is 1. The highest BCUT2D eigenvalue weighted by molar-refractivity contribution is 5.95. The Morgan fingerprint density at radius 3 is 2.62 bits per heavy atom. The molecule has 1 N–H and O–H groups in total. The van der Waals surface area contributed by atoms with E-state index in [0.717, 1.165) is 37.4 Å². The van der Waals surface area contributed by atoms with Crippen molar-refractivity contribution < 1.29 is 9.53 Å². The van der Waals surface area contributed by atoms with Crippen LogP contribution in [0.1, 0.15) is 28.9 Å². The number of benzene rings is 1. The van der Waals surface area contributed by atoms with Gasteiger partial charge in [0.25, 0.3) is 5.91 Å². The SMILES string of the molecule is Cc1[nH]ncc1C(=O)N1CCC(Oc2ccccc2)CC1. The van der Waals surface area contributed by atoms with Crippen molar-refractivity contribution in [3.8, 4) is 5.75 Å². The first-order valence-corrected chi connectivity index (χ1v) is 7.25. The van der Waals surface area contributed by atoms with Gasteiger partial charge in [-0.2, -0.15) is 5.10 Å². The molecule has 1 aromatic carbocycles. The number of nitrogens with zero attached hydrogens (tertiary/aromatic N) is 2. The van der Waals surface area contributed by atoms with Crippen LogP contribution in [0.15, 0.2) is 36.5 Å². The van der Waals surface area contributed by atoms with Gasteiger partial charge in [0, 0.05) is 31.6 Å². The highest BCUT2D eigenvalue weighted by atomic mass is 16.5. The number of H-pyrrole nitrogens is 1. The van der Waals surface area contributed by atoms with Gasteiger partial charge in [-0.1, -0.05) is 18.2 Å². The second-order valence-corrected chi connectivity index (χ2v) is 5.33. The van der Waals surface area contributed by atoms with Gasteiger partial charge in [-0.15, -0.1) is 0 Å². The predicted octanol–water partition coefficient (Wildman–Crippen LogP) is 2.40. The van der Waals surface area contributed by atoms with Crippen molar-refractivity contribution in [1.82, 2.24) is 15.1 Å². The number of hydrogen-bond donors (Lipinski definition) is 1. The molecule has 0 saturated carbocycles. The van der Waals surface area contributed by atoms with Gasteiger partial charge in [0.2, 0.25) is 0 Å². The smallest absolute Gasteiger partial charge is 0.257 e. The zero-order valence-electron chi connectivity index (χ0n) is 12.1. The number of carbonyl (C=O) groups excluding carboxylic acids is 1. The van der Waals surface area contributed by atoms with Crippen LogP contribution in [0.5, 0.6) is 5.75 Å². The molecule has 2 heterocycles. The molecule has 0 atom stereocenters. The van der Waals surface area contributed by atoms with E-state index in [2.05, 4.69) is 10.2 Å². The van der Waals surface area contributed by atoms with E-state index in [0.29, 0.717) is 5.56 Å². The quantitative estimate of drug-likeness (QED) is 0.942. The summed E-state index contributed by atoms with van der Waals surface area (Å²) < 4.78 is 5.94. The van der Waals surface area contributed by atoms with Crippen LogP contribution in [-0.4, -0.2) is 40.2 Å². The molecule has 0 radical (unpaired) electrons. The van der Waals surface area contributed by atoms with Crippen LogP contribution < -0.4 is 4.74 Å². The topological polar surface area (TPSA) is 58.2 Å². The summed E-state index contributed by atoms with van der Waals surface area (Å²) in [6.45, 7) is 3.31. The Kier molecular flexibility index (Phi) is 3.90. The van der Waals surface area contributed by atoms with Gasteiger partial charge in [-0.25, -0.2) is 0 Å². The van der Waals surface area contributed by atoms with E-state index in [9.17, 15) is 4.79 Å². The summed E-state index contributed by atoms with van der Waals surface area (Å²) in [6, 6.07) is 9.84. The van der Waals surface area contributed by atoms with Gasteiger partial charge < -0.3 is 9.64 Å². The van der Waals surface area contributed by atoms with E-state index < -0.39 is 0 Å². The first-order chi connectivity index (χ1) is 10.2. The number of aromatic amines is 1. The van der Waals surface area contributed by atoms with E-state index in [-0.39, 0.29) is 12.0 Å². The Morgan fingerprint density at radius 2 is 2.00 bits per heavy atom. The van der Waals surface area contributed by atoms with Crippen LogP contribution in [0.4, 0.5) is 0 Å². The summed E-state index contributed by atoms with van der Waals surface area (Å²) in [5, 5.41) is 6.72. The number of carbonyl (C=O) groups is 1. The van der Waals surface area contributed by atoms with Crippen LogP contribution in [0.2, 0.25) is 0 Å². The molecule has 5 heteroatoms. The average molecular weight is 285 g/mol. The van der Waals surface area contributed by atoms with E-state index in [1.54, 1.807) is 6.20 Å². The van der Waals surface area contributed by atoms with Gasteiger partial charge in [0.1, 0.15) is 11.9 Å². The number of amides is 1. The number of aromatic nitrogens is 2. The Bertz CT molecular complexity index is 601. The van der Waals surface area contributed by atoms with E-state index >= 15 is 0 Å². The lowest BCUT2D eigenvalue weighted by atomic mass is 10.1. The lowest BCUT2D eigenvalue weighted by Gasteiger charge is -2.32. The average Bonchev–Trinajstić information content (AvgIpc) is 2.94. The largest absolute Gasteiger partial charge is 0.490 e. The number of rotatable bonds is 3. The monoisotopic (exact) mass is 285 g/mol. The molecule has 0 aliphatic carbocycles. The number of nitrogens with one attached hydrogen (secondary N) is 1. The van der Waals surface area contributed by atoms with Gasteiger partial charge >= 0.3 is 0 Å². The zero-order valence-corrected chi connectivity index (χ0v) is 12.1. The molecule has 0 unspecified atom stereocenters. The third-order valence-electron chi connectivity index (χ3n) is 3.84. The summed E-state index contributed by atoms with van der Waals surface area (Å²) in [4.78, 5) is 14.2. The van der Waals surface area contributed by atoms with Gasteiger partial charge in [-0.05, 0) is 19.1 Å². The zero-order chi connectivity index (χ0) is 14.7. The van der Waals surface area contributed by atoms with E-state index in [4.69, 9.17) is 4.74 Å². The summed E-state index contributed by atoms with van der Waals surface area (Å²) in [5.74, 6) is 0.951. The molecule has 21 heavy (non-hydrogen) atoms. The van der Waals surface area contributed by atoms with Crippen LogP contribution in [0, 0.1) is 6.92 Å². The number of aryl methyl sites for hydroxylation is 1. The van der Waals surface area contributed by atoms with Gasteiger partial charge in [0.05, 0.1) is 11.8 Å². The first-order valence-electron chi connectivity index (χ1n) is 7.25. The molecule has 2 aromatic rings. The van der Waals surface area contributed by atoms with Crippen LogP contribution in [-0.2, 0) is 0 Å². The second kappa shape index (κ2) is 5.99. The van der Waals surface area contributed by atoms with Crippen molar-refractivity contribution in [2.45, 2.75) is 25.9 Å². The van der Waals surface area contributed by atoms with Crippen molar-refractivity contribution in [3.05, 3.63) is 47.8 Å². The Balaban J connectivity index is 1.56. The summed E-state index contributed by atoms with van der Waals surface area (Å²) in [6.07, 6.45) is 3.50. The standard InChI is InChI=1S/C16H19N3O2/c1-12-15(11-17-18-12)16(20)19-9-7-14(8-10-19)21-13-5-3-2-4-6-13/h2-6,11,14H,7-10H2,1H3,(H,17,18). The molecule has 1 aliphatic heterocycles. The minimum absolute atomic E-state index is 0.0550. The molecule has 0 spiro atoms. The van der Waals surface area contributed by atoms with Crippen LogP contribution in [0.25, 0.3) is 0 Å².